The summed E-state index contributed by atoms with van der Waals surface area (Å²) in [6.45, 7) is 0.486. The van der Waals surface area contributed by atoms with E-state index in [0.717, 1.165) is 11.1 Å². The first kappa shape index (κ1) is 18.6. The molecule has 4 rings (SSSR count). The van der Waals surface area contributed by atoms with Crippen LogP contribution in [0.4, 0.5) is 0 Å². The molecule has 0 unspecified atom stereocenters. The highest BCUT2D eigenvalue weighted by atomic mass is 16.7. The Balaban J connectivity index is 1.52. The molecule has 1 aliphatic carbocycles. The van der Waals surface area contributed by atoms with Crippen molar-refractivity contribution in [3.8, 4) is 0 Å². The highest BCUT2D eigenvalue weighted by molar-refractivity contribution is 5.18. The molecule has 2 fully saturated rings. The van der Waals surface area contributed by atoms with Crippen LogP contribution < -0.4 is 0 Å². The molecule has 1 saturated heterocycles. The lowest BCUT2D eigenvalue weighted by Crippen LogP contribution is -2.51. The van der Waals surface area contributed by atoms with E-state index in [2.05, 4.69) is 0 Å². The molecule has 0 aromatic heterocycles. The van der Waals surface area contributed by atoms with Crippen molar-refractivity contribution in [2.45, 2.75) is 37.0 Å². The number of aliphatic hydroxyl groups excluding tert-OH is 2. The third kappa shape index (κ3) is 3.40. The van der Waals surface area contributed by atoms with Gasteiger partial charge >= 0.3 is 0 Å². The molecule has 0 amide bonds. The quantitative estimate of drug-likeness (QED) is 0.706. The van der Waals surface area contributed by atoms with Crippen LogP contribution in [-0.2, 0) is 22.7 Å². The van der Waals surface area contributed by atoms with E-state index in [9.17, 15) is 15.3 Å². The first-order valence-electron chi connectivity index (χ1n) is 9.24. The van der Waals surface area contributed by atoms with Gasteiger partial charge in [0.15, 0.2) is 0 Å². The average Bonchev–Trinajstić information content (AvgIpc) is 3.21. The molecule has 0 bridgehead atoms. The van der Waals surface area contributed by atoms with Gasteiger partial charge in [0.1, 0.15) is 17.8 Å². The van der Waals surface area contributed by atoms with Crippen LogP contribution in [0.5, 0.6) is 0 Å². The molecule has 144 valence electrons. The van der Waals surface area contributed by atoms with Gasteiger partial charge in [0.2, 0.25) is 0 Å². The van der Waals surface area contributed by atoms with Gasteiger partial charge < -0.3 is 20.1 Å². The van der Waals surface area contributed by atoms with Gasteiger partial charge in [-0.3, -0.25) is 4.84 Å². The van der Waals surface area contributed by atoms with E-state index >= 15 is 0 Å². The normalized spacial score (nSPS) is 33.3. The summed E-state index contributed by atoms with van der Waals surface area (Å²) in [4.78, 5) is 5.75. The topological polar surface area (TPSA) is 82.4 Å². The Morgan fingerprint density at radius 3 is 2.30 bits per heavy atom. The number of rotatable bonds is 6. The molecule has 2 aromatic carbocycles. The summed E-state index contributed by atoms with van der Waals surface area (Å²) in [6.07, 6.45) is -1.86. The summed E-state index contributed by atoms with van der Waals surface area (Å²) in [7, 11) is 0. The Kier molecular flexibility index (Phi) is 5.27. The fourth-order valence-electron chi connectivity index (χ4n) is 4.22. The van der Waals surface area contributed by atoms with Crippen LogP contribution in [0.1, 0.15) is 11.1 Å². The van der Waals surface area contributed by atoms with Crippen LogP contribution in [0, 0.1) is 5.92 Å². The van der Waals surface area contributed by atoms with Gasteiger partial charge in [-0.25, -0.2) is 0 Å². The van der Waals surface area contributed by atoms with E-state index in [1.165, 1.54) is 0 Å². The van der Waals surface area contributed by atoms with E-state index in [4.69, 9.17) is 9.57 Å². The van der Waals surface area contributed by atoms with Gasteiger partial charge in [0.25, 0.3) is 0 Å². The van der Waals surface area contributed by atoms with Crippen molar-refractivity contribution in [1.29, 1.82) is 0 Å². The molecule has 6 heteroatoms. The minimum absolute atomic E-state index is 0.233. The van der Waals surface area contributed by atoms with E-state index in [0.29, 0.717) is 6.54 Å². The zero-order valence-electron chi connectivity index (χ0n) is 15.0. The maximum atomic E-state index is 11.1. The lowest BCUT2D eigenvalue weighted by atomic mass is 9.89. The van der Waals surface area contributed by atoms with Crippen LogP contribution in [0.3, 0.4) is 0 Å². The Labute approximate surface area is 158 Å². The molecule has 1 saturated carbocycles. The smallest absolute Gasteiger partial charge is 0.123 e. The highest BCUT2D eigenvalue weighted by Crippen LogP contribution is 2.45. The molecule has 0 radical (unpaired) electrons. The molecule has 2 aromatic rings. The summed E-state index contributed by atoms with van der Waals surface area (Å²) in [5, 5.41) is 33.7. The lowest BCUT2D eigenvalue weighted by Gasteiger charge is -2.32. The van der Waals surface area contributed by atoms with Crippen LogP contribution in [0.15, 0.2) is 60.7 Å². The molecule has 5 atom stereocenters. The van der Waals surface area contributed by atoms with E-state index in [1.54, 1.807) is 5.06 Å². The number of fused-ring (bicyclic) bond motifs is 1. The van der Waals surface area contributed by atoms with Gasteiger partial charge in [-0.2, -0.15) is 5.06 Å². The molecule has 6 nitrogen and oxygen atoms in total. The van der Waals surface area contributed by atoms with Crippen molar-refractivity contribution in [3.05, 3.63) is 71.8 Å². The Bertz CT molecular complexity index is 741. The molecule has 3 N–H and O–H groups in total. The maximum Gasteiger partial charge on any atom is 0.123 e. The van der Waals surface area contributed by atoms with Crippen molar-refractivity contribution in [3.63, 3.8) is 0 Å². The third-order valence-electron chi connectivity index (χ3n) is 5.67. The molecular formula is C21H25NO5. The molecular weight excluding hydrogens is 346 g/mol. The fourth-order valence-corrected chi connectivity index (χ4v) is 4.22. The predicted octanol–water partition coefficient (Wildman–Crippen LogP) is 1.10. The largest absolute Gasteiger partial charge is 0.393 e. The first-order chi connectivity index (χ1) is 13.1. The van der Waals surface area contributed by atoms with Crippen LogP contribution in [0.25, 0.3) is 0 Å². The van der Waals surface area contributed by atoms with Crippen LogP contribution in [-0.4, -0.2) is 57.4 Å². The average molecular weight is 371 g/mol. The van der Waals surface area contributed by atoms with Gasteiger partial charge in [-0.1, -0.05) is 60.7 Å². The molecule has 1 heterocycles. The van der Waals surface area contributed by atoms with Crippen molar-refractivity contribution in [1.82, 2.24) is 5.06 Å². The van der Waals surface area contributed by atoms with Crippen LogP contribution >= 0.6 is 0 Å². The molecule has 0 spiro atoms. The molecule has 2 aliphatic rings. The van der Waals surface area contributed by atoms with Gasteiger partial charge in [-0.05, 0) is 11.1 Å². The summed E-state index contributed by atoms with van der Waals surface area (Å²) in [5.74, 6) is -0.429. The van der Waals surface area contributed by atoms with Crippen molar-refractivity contribution >= 4 is 0 Å². The summed E-state index contributed by atoms with van der Waals surface area (Å²) < 4.78 is 5.90. The van der Waals surface area contributed by atoms with Gasteiger partial charge in [-0.15, -0.1) is 0 Å². The number of ether oxygens (including phenoxy) is 1. The Morgan fingerprint density at radius 2 is 1.67 bits per heavy atom. The predicted molar refractivity (Wildman–Crippen MR) is 98.3 cm³/mol. The number of hydrogen-bond donors (Lipinski definition) is 3. The monoisotopic (exact) mass is 371 g/mol. The van der Waals surface area contributed by atoms with Gasteiger partial charge in [0.05, 0.1) is 25.9 Å². The zero-order chi connectivity index (χ0) is 18.9. The van der Waals surface area contributed by atoms with Crippen molar-refractivity contribution < 1.29 is 24.9 Å². The number of hydrogen-bond acceptors (Lipinski definition) is 6. The van der Waals surface area contributed by atoms with Crippen LogP contribution in [0.2, 0.25) is 0 Å². The SMILES string of the molecule is OC[C@]1(O)[C@H](OCc2ccccc2)[C@@H](O)[C@H]2[C@@H]1CON2Cc1ccccc1. The summed E-state index contributed by atoms with van der Waals surface area (Å²) in [6, 6.07) is 18.9. The maximum absolute atomic E-state index is 11.1. The minimum atomic E-state index is -1.55. The summed E-state index contributed by atoms with van der Waals surface area (Å²) in [5.41, 5.74) is 0.440. The Morgan fingerprint density at radius 1 is 1.04 bits per heavy atom. The van der Waals surface area contributed by atoms with E-state index < -0.39 is 36.4 Å². The van der Waals surface area contributed by atoms with Crippen molar-refractivity contribution in [2.75, 3.05) is 13.2 Å². The van der Waals surface area contributed by atoms with Gasteiger partial charge in [0, 0.05) is 12.5 Å². The molecule has 1 aliphatic heterocycles. The number of hydroxylamine groups is 2. The van der Waals surface area contributed by atoms with E-state index in [1.807, 2.05) is 60.7 Å². The summed E-state index contributed by atoms with van der Waals surface area (Å²) >= 11 is 0. The first-order valence-corrected chi connectivity index (χ1v) is 9.24. The highest BCUT2D eigenvalue weighted by Gasteiger charge is 2.64. The number of nitrogens with zero attached hydrogens (tertiary/aromatic N) is 1. The second-order valence-corrected chi connectivity index (χ2v) is 7.31. The zero-order valence-corrected chi connectivity index (χ0v) is 15.0. The number of aliphatic hydroxyl groups is 3. The second kappa shape index (κ2) is 7.67. The number of benzene rings is 2. The third-order valence-corrected chi connectivity index (χ3v) is 5.67. The standard InChI is InChI=1S/C21H25NO5/c23-14-21(25)17-13-27-22(11-15-7-3-1-4-8-15)18(17)19(24)20(21)26-12-16-9-5-2-6-10-16/h1-10,17-20,23-25H,11-14H2/t17-,18+,19-,20+,21+/m0/s1. The van der Waals surface area contributed by atoms with Crippen molar-refractivity contribution in [2.24, 2.45) is 5.92 Å². The fraction of sp³-hybridized carbons (Fsp3) is 0.429. The minimum Gasteiger partial charge on any atom is -0.393 e. The molecule has 27 heavy (non-hydrogen) atoms. The second-order valence-electron chi connectivity index (χ2n) is 7.31. The lowest BCUT2D eigenvalue weighted by molar-refractivity contribution is -0.198. The van der Waals surface area contributed by atoms with E-state index in [-0.39, 0.29) is 13.2 Å². The Hall–Kier alpha value is -1.80.